The van der Waals surface area contributed by atoms with E-state index in [4.69, 9.17) is 0 Å². The van der Waals surface area contributed by atoms with E-state index in [1.165, 1.54) is 11.1 Å². The SMILES string of the molecule is Cc1ccc(-c2nccc(Nc3ccc(C(=O)Nc4ccc(C)c(C)c4)cc3)n2)cc1. The minimum absolute atomic E-state index is 0.140. The summed E-state index contributed by atoms with van der Waals surface area (Å²) in [6, 6.07) is 23.1. The van der Waals surface area contributed by atoms with Crippen LogP contribution in [0.1, 0.15) is 27.0 Å². The van der Waals surface area contributed by atoms with E-state index in [-0.39, 0.29) is 5.91 Å². The smallest absolute Gasteiger partial charge is 0.255 e. The van der Waals surface area contributed by atoms with E-state index in [9.17, 15) is 4.79 Å². The number of benzene rings is 3. The van der Waals surface area contributed by atoms with E-state index >= 15 is 0 Å². The number of anilines is 3. The molecule has 1 amide bonds. The molecule has 0 saturated heterocycles. The lowest BCUT2D eigenvalue weighted by Gasteiger charge is -2.10. The predicted octanol–water partition coefficient (Wildman–Crippen LogP) is 6.06. The molecule has 0 aliphatic rings. The van der Waals surface area contributed by atoms with Crippen LogP contribution in [0.25, 0.3) is 11.4 Å². The summed E-state index contributed by atoms with van der Waals surface area (Å²) in [5.41, 5.74) is 6.73. The Labute approximate surface area is 182 Å². The Morgan fingerprint density at radius 2 is 1.48 bits per heavy atom. The van der Waals surface area contributed by atoms with Crippen molar-refractivity contribution in [1.29, 1.82) is 0 Å². The molecule has 0 radical (unpaired) electrons. The summed E-state index contributed by atoms with van der Waals surface area (Å²) < 4.78 is 0. The maximum Gasteiger partial charge on any atom is 0.255 e. The molecule has 0 unspecified atom stereocenters. The fourth-order valence-corrected chi connectivity index (χ4v) is 3.15. The summed E-state index contributed by atoms with van der Waals surface area (Å²) in [6.45, 7) is 6.13. The average molecular weight is 409 g/mol. The standard InChI is InChI=1S/C26H24N4O/c1-17-4-7-20(8-5-17)25-27-15-14-24(30-25)28-22-12-9-21(10-13-22)26(31)29-23-11-6-18(2)19(3)16-23/h4-16H,1-3H3,(H,29,31)(H,27,28,30). The molecule has 1 heterocycles. The van der Waals surface area contributed by atoms with Gasteiger partial charge in [0, 0.05) is 28.7 Å². The topological polar surface area (TPSA) is 66.9 Å². The van der Waals surface area contributed by atoms with Gasteiger partial charge in [0.2, 0.25) is 0 Å². The molecule has 4 rings (SSSR count). The quantitative estimate of drug-likeness (QED) is 0.421. The lowest BCUT2D eigenvalue weighted by molar-refractivity contribution is 0.102. The zero-order chi connectivity index (χ0) is 21.8. The highest BCUT2D eigenvalue weighted by Gasteiger charge is 2.08. The summed E-state index contributed by atoms with van der Waals surface area (Å²) >= 11 is 0. The number of nitrogens with one attached hydrogen (secondary N) is 2. The minimum Gasteiger partial charge on any atom is -0.340 e. The molecule has 5 heteroatoms. The molecule has 0 saturated carbocycles. The molecule has 0 fully saturated rings. The molecule has 0 aliphatic carbocycles. The van der Waals surface area contributed by atoms with Gasteiger partial charge >= 0.3 is 0 Å². The summed E-state index contributed by atoms with van der Waals surface area (Å²) in [4.78, 5) is 21.5. The van der Waals surface area contributed by atoms with E-state index in [2.05, 4.69) is 20.6 Å². The molecular formula is C26H24N4O. The summed E-state index contributed by atoms with van der Waals surface area (Å²) in [5.74, 6) is 1.21. The molecule has 3 aromatic carbocycles. The van der Waals surface area contributed by atoms with Gasteiger partial charge in [-0.05, 0) is 74.4 Å². The number of amides is 1. The highest BCUT2D eigenvalue weighted by atomic mass is 16.1. The first-order valence-corrected chi connectivity index (χ1v) is 10.1. The van der Waals surface area contributed by atoms with Crippen molar-refractivity contribution in [2.75, 3.05) is 10.6 Å². The number of aryl methyl sites for hydroxylation is 3. The van der Waals surface area contributed by atoms with E-state index in [1.807, 2.05) is 81.4 Å². The van der Waals surface area contributed by atoms with Gasteiger partial charge in [0.1, 0.15) is 5.82 Å². The third-order valence-corrected chi connectivity index (χ3v) is 5.15. The third kappa shape index (κ3) is 4.95. The highest BCUT2D eigenvalue weighted by Crippen LogP contribution is 2.21. The van der Waals surface area contributed by atoms with Gasteiger partial charge in [-0.2, -0.15) is 0 Å². The number of aromatic nitrogens is 2. The lowest BCUT2D eigenvalue weighted by atomic mass is 10.1. The Balaban J connectivity index is 1.45. The number of hydrogen-bond acceptors (Lipinski definition) is 4. The van der Waals surface area contributed by atoms with Gasteiger partial charge in [-0.1, -0.05) is 35.9 Å². The second kappa shape index (κ2) is 8.79. The Bertz CT molecular complexity index is 1220. The van der Waals surface area contributed by atoms with Gasteiger partial charge in [0.05, 0.1) is 0 Å². The van der Waals surface area contributed by atoms with Gasteiger partial charge in [0.15, 0.2) is 5.82 Å². The van der Waals surface area contributed by atoms with Crippen LogP contribution in [-0.4, -0.2) is 15.9 Å². The molecule has 0 atom stereocenters. The van der Waals surface area contributed by atoms with E-state index in [1.54, 1.807) is 18.3 Å². The van der Waals surface area contributed by atoms with E-state index in [0.717, 1.165) is 22.5 Å². The number of nitrogens with zero attached hydrogens (tertiary/aromatic N) is 2. The molecule has 0 spiro atoms. The van der Waals surface area contributed by atoms with Gasteiger partial charge in [-0.25, -0.2) is 9.97 Å². The van der Waals surface area contributed by atoms with Crippen LogP contribution in [0, 0.1) is 20.8 Å². The molecular weight excluding hydrogens is 384 g/mol. The average Bonchev–Trinajstić information content (AvgIpc) is 2.77. The van der Waals surface area contributed by atoms with E-state index in [0.29, 0.717) is 17.2 Å². The minimum atomic E-state index is -0.140. The van der Waals surface area contributed by atoms with Crippen molar-refractivity contribution in [3.63, 3.8) is 0 Å². The molecule has 4 aromatic rings. The van der Waals surface area contributed by atoms with Crippen LogP contribution in [0.15, 0.2) is 79.0 Å². The Morgan fingerprint density at radius 1 is 0.774 bits per heavy atom. The summed E-state index contributed by atoms with van der Waals surface area (Å²) in [6.07, 6.45) is 1.73. The number of carbonyl (C=O) groups is 1. The zero-order valence-electron chi connectivity index (χ0n) is 17.8. The first kappa shape index (κ1) is 20.3. The Morgan fingerprint density at radius 3 is 2.19 bits per heavy atom. The first-order valence-electron chi connectivity index (χ1n) is 10.1. The monoisotopic (exact) mass is 408 g/mol. The molecule has 2 N–H and O–H groups in total. The second-order valence-corrected chi connectivity index (χ2v) is 7.59. The van der Waals surface area contributed by atoms with Crippen molar-refractivity contribution in [3.05, 3.63) is 101 Å². The van der Waals surface area contributed by atoms with Crippen molar-refractivity contribution < 1.29 is 4.79 Å². The summed E-state index contributed by atoms with van der Waals surface area (Å²) in [5, 5.41) is 6.22. The van der Waals surface area contributed by atoms with Crippen LogP contribution in [0.3, 0.4) is 0 Å². The molecule has 0 bridgehead atoms. The zero-order valence-corrected chi connectivity index (χ0v) is 17.8. The Kier molecular flexibility index (Phi) is 5.76. The van der Waals surface area contributed by atoms with Crippen LogP contribution in [0.2, 0.25) is 0 Å². The van der Waals surface area contributed by atoms with Crippen LogP contribution in [0.4, 0.5) is 17.2 Å². The fourth-order valence-electron chi connectivity index (χ4n) is 3.15. The van der Waals surface area contributed by atoms with E-state index < -0.39 is 0 Å². The van der Waals surface area contributed by atoms with Crippen molar-refractivity contribution >= 4 is 23.1 Å². The fraction of sp³-hybridized carbons (Fsp3) is 0.115. The number of hydrogen-bond donors (Lipinski definition) is 2. The molecule has 1 aromatic heterocycles. The summed E-state index contributed by atoms with van der Waals surface area (Å²) in [7, 11) is 0. The number of rotatable bonds is 5. The molecule has 0 aliphatic heterocycles. The molecule has 31 heavy (non-hydrogen) atoms. The molecule has 5 nitrogen and oxygen atoms in total. The third-order valence-electron chi connectivity index (χ3n) is 5.15. The van der Waals surface area contributed by atoms with Crippen molar-refractivity contribution in [2.24, 2.45) is 0 Å². The van der Waals surface area contributed by atoms with Crippen molar-refractivity contribution in [1.82, 2.24) is 9.97 Å². The van der Waals surface area contributed by atoms with Gasteiger partial charge < -0.3 is 10.6 Å². The van der Waals surface area contributed by atoms with Crippen LogP contribution >= 0.6 is 0 Å². The number of carbonyl (C=O) groups excluding carboxylic acids is 1. The first-order chi connectivity index (χ1) is 15.0. The highest BCUT2D eigenvalue weighted by molar-refractivity contribution is 6.04. The lowest BCUT2D eigenvalue weighted by Crippen LogP contribution is -2.12. The second-order valence-electron chi connectivity index (χ2n) is 7.59. The van der Waals surface area contributed by atoms with Crippen LogP contribution in [0.5, 0.6) is 0 Å². The normalized spacial score (nSPS) is 10.5. The van der Waals surface area contributed by atoms with Gasteiger partial charge in [0.25, 0.3) is 5.91 Å². The van der Waals surface area contributed by atoms with Crippen LogP contribution < -0.4 is 10.6 Å². The van der Waals surface area contributed by atoms with Crippen LogP contribution in [-0.2, 0) is 0 Å². The molecule has 154 valence electrons. The van der Waals surface area contributed by atoms with Gasteiger partial charge in [-0.3, -0.25) is 4.79 Å². The van der Waals surface area contributed by atoms with Gasteiger partial charge in [-0.15, -0.1) is 0 Å². The predicted molar refractivity (Wildman–Crippen MR) is 126 cm³/mol. The largest absolute Gasteiger partial charge is 0.340 e. The van der Waals surface area contributed by atoms with Crippen molar-refractivity contribution in [3.8, 4) is 11.4 Å². The maximum absolute atomic E-state index is 12.6. The maximum atomic E-state index is 12.6. The Hall–Kier alpha value is -3.99. The van der Waals surface area contributed by atoms with Crippen molar-refractivity contribution in [2.45, 2.75) is 20.8 Å².